The van der Waals surface area contributed by atoms with Gasteiger partial charge in [0, 0.05) is 17.2 Å². The van der Waals surface area contributed by atoms with Crippen LogP contribution < -0.4 is 0 Å². The van der Waals surface area contributed by atoms with Crippen molar-refractivity contribution in [2.45, 2.75) is 6.92 Å². The Labute approximate surface area is 166 Å². The molecule has 0 saturated heterocycles. The summed E-state index contributed by atoms with van der Waals surface area (Å²) in [4.78, 5) is 23.6. The van der Waals surface area contributed by atoms with Crippen LogP contribution in [0.4, 0.5) is 11.4 Å². The largest absolute Gasteiger partial charge is 0.505 e. The molecule has 0 aliphatic heterocycles. The fourth-order valence-electron chi connectivity index (χ4n) is 2.68. The van der Waals surface area contributed by atoms with Gasteiger partial charge >= 0.3 is 0 Å². The van der Waals surface area contributed by atoms with Gasteiger partial charge in [0.15, 0.2) is 11.5 Å². The number of allylic oxidation sites excluding steroid dienone is 1. The topological polar surface area (TPSA) is 105 Å². The second kappa shape index (κ2) is 8.71. The van der Waals surface area contributed by atoms with E-state index >= 15 is 0 Å². The van der Waals surface area contributed by atoms with Crippen molar-refractivity contribution in [2.24, 2.45) is 10.2 Å². The first-order valence-electron chi connectivity index (χ1n) is 8.73. The van der Waals surface area contributed by atoms with Gasteiger partial charge in [0.2, 0.25) is 5.78 Å². The van der Waals surface area contributed by atoms with Crippen LogP contribution in [-0.4, -0.2) is 15.8 Å². The summed E-state index contributed by atoms with van der Waals surface area (Å²) in [5, 5.41) is 29.8. The molecule has 0 aliphatic rings. The standard InChI is InChI=1S/C22H17N3O4/c1-15-18(13-8-14-19(15)25(28)29)23-24-20(21(26)16-9-4-2-5-10-16)22(27)17-11-6-3-7-12-17/h2-14,26H,1H3/b21-20+,24-23?. The predicted molar refractivity (Wildman–Crippen MR) is 109 cm³/mol. The van der Waals surface area contributed by atoms with E-state index in [9.17, 15) is 20.0 Å². The van der Waals surface area contributed by atoms with Crippen molar-refractivity contribution in [1.82, 2.24) is 0 Å². The van der Waals surface area contributed by atoms with Crippen LogP contribution in [0.3, 0.4) is 0 Å². The molecule has 7 nitrogen and oxygen atoms in total. The summed E-state index contributed by atoms with van der Waals surface area (Å²) in [5.41, 5.74) is 0.925. The third-order valence-electron chi connectivity index (χ3n) is 4.25. The number of aliphatic hydroxyl groups is 1. The molecular weight excluding hydrogens is 370 g/mol. The average molecular weight is 387 g/mol. The van der Waals surface area contributed by atoms with E-state index in [-0.39, 0.29) is 22.8 Å². The number of rotatable bonds is 6. The fourth-order valence-corrected chi connectivity index (χ4v) is 2.68. The van der Waals surface area contributed by atoms with E-state index in [0.29, 0.717) is 16.7 Å². The van der Waals surface area contributed by atoms with Crippen LogP contribution in [0, 0.1) is 17.0 Å². The van der Waals surface area contributed by atoms with Crippen LogP contribution >= 0.6 is 0 Å². The van der Waals surface area contributed by atoms with Crippen molar-refractivity contribution in [2.75, 3.05) is 0 Å². The van der Waals surface area contributed by atoms with Crippen molar-refractivity contribution >= 4 is 22.9 Å². The number of nitro benzene ring substituents is 1. The summed E-state index contributed by atoms with van der Waals surface area (Å²) in [5.74, 6) is -0.843. The second-order valence-corrected chi connectivity index (χ2v) is 6.14. The Bertz CT molecular complexity index is 1110. The van der Waals surface area contributed by atoms with Crippen molar-refractivity contribution < 1.29 is 14.8 Å². The SMILES string of the molecule is Cc1c(N=N/C(C(=O)c2ccccc2)=C(/O)c2ccccc2)cccc1[N+](=O)[O-]. The number of nitro groups is 1. The third-order valence-corrected chi connectivity index (χ3v) is 4.25. The lowest BCUT2D eigenvalue weighted by Crippen LogP contribution is -2.04. The Morgan fingerprint density at radius 2 is 1.48 bits per heavy atom. The minimum absolute atomic E-state index is 0.103. The van der Waals surface area contributed by atoms with Crippen LogP contribution in [0.5, 0.6) is 0 Å². The first kappa shape index (κ1) is 19.6. The predicted octanol–water partition coefficient (Wildman–Crippen LogP) is 5.80. The number of carbonyl (C=O) groups is 1. The molecule has 0 aliphatic carbocycles. The molecule has 1 N–H and O–H groups in total. The number of carbonyl (C=O) groups excluding carboxylic acids is 1. The molecule has 0 atom stereocenters. The summed E-state index contributed by atoms with van der Waals surface area (Å²) in [7, 11) is 0. The molecule has 144 valence electrons. The Morgan fingerprint density at radius 3 is 2.07 bits per heavy atom. The van der Waals surface area contributed by atoms with E-state index in [4.69, 9.17) is 0 Å². The smallest absolute Gasteiger partial charge is 0.274 e. The average Bonchev–Trinajstić information content (AvgIpc) is 2.75. The lowest BCUT2D eigenvalue weighted by Gasteiger charge is -2.06. The molecule has 0 radical (unpaired) electrons. The van der Waals surface area contributed by atoms with Gasteiger partial charge in [-0.3, -0.25) is 14.9 Å². The molecule has 0 saturated carbocycles. The maximum absolute atomic E-state index is 13.0. The summed E-state index contributed by atoms with van der Waals surface area (Å²) in [6, 6.07) is 21.3. The van der Waals surface area contributed by atoms with Crippen LogP contribution in [0.1, 0.15) is 21.5 Å². The minimum Gasteiger partial charge on any atom is -0.505 e. The van der Waals surface area contributed by atoms with Crippen molar-refractivity contribution in [3.8, 4) is 0 Å². The first-order chi connectivity index (χ1) is 14.0. The number of hydrogen-bond acceptors (Lipinski definition) is 6. The van der Waals surface area contributed by atoms with E-state index in [1.54, 1.807) is 73.7 Å². The first-order valence-corrected chi connectivity index (χ1v) is 8.73. The summed E-state index contributed by atoms with van der Waals surface area (Å²) < 4.78 is 0. The number of aliphatic hydroxyl groups excluding tert-OH is 1. The highest BCUT2D eigenvalue weighted by Crippen LogP contribution is 2.29. The number of azo groups is 1. The zero-order valence-electron chi connectivity index (χ0n) is 15.5. The van der Waals surface area contributed by atoms with Gasteiger partial charge in [0.05, 0.1) is 16.2 Å². The van der Waals surface area contributed by atoms with E-state index in [2.05, 4.69) is 10.2 Å². The maximum atomic E-state index is 13.0. The lowest BCUT2D eigenvalue weighted by atomic mass is 10.1. The third kappa shape index (κ3) is 4.41. The van der Waals surface area contributed by atoms with E-state index in [0.717, 1.165) is 0 Å². The fraction of sp³-hybridized carbons (Fsp3) is 0.0455. The highest BCUT2D eigenvalue weighted by molar-refractivity contribution is 6.12. The molecule has 3 aromatic carbocycles. The van der Waals surface area contributed by atoms with Crippen LogP contribution in [0.2, 0.25) is 0 Å². The van der Waals surface area contributed by atoms with E-state index in [1.807, 2.05) is 0 Å². The van der Waals surface area contributed by atoms with Gasteiger partial charge in [0.25, 0.3) is 5.69 Å². The maximum Gasteiger partial charge on any atom is 0.274 e. The number of benzene rings is 3. The van der Waals surface area contributed by atoms with Gasteiger partial charge in [-0.15, -0.1) is 10.2 Å². The summed E-state index contributed by atoms with van der Waals surface area (Å²) in [6.07, 6.45) is 0. The zero-order valence-corrected chi connectivity index (χ0v) is 15.5. The minimum atomic E-state index is -0.515. The highest BCUT2D eigenvalue weighted by atomic mass is 16.6. The summed E-state index contributed by atoms with van der Waals surface area (Å²) in [6.45, 7) is 1.55. The number of nitrogens with zero attached hydrogens (tertiary/aromatic N) is 3. The van der Waals surface area contributed by atoms with Gasteiger partial charge in [-0.1, -0.05) is 66.7 Å². The van der Waals surface area contributed by atoms with Crippen molar-refractivity contribution in [1.29, 1.82) is 0 Å². The Balaban J connectivity index is 2.10. The second-order valence-electron chi connectivity index (χ2n) is 6.14. The zero-order chi connectivity index (χ0) is 20.8. The van der Waals surface area contributed by atoms with Crippen LogP contribution in [-0.2, 0) is 0 Å². The molecule has 0 unspecified atom stereocenters. The number of hydrogen-bond donors (Lipinski definition) is 1. The molecule has 3 aromatic rings. The normalized spacial score (nSPS) is 11.9. The lowest BCUT2D eigenvalue weighted by molar-refractivity contribution is -0.385. The van der Waals surface area contributed by atoms with Crippen LogP contribution in [0.15, 0.2) is 94.8 Å². The summed E-state index contributed by atoms with van der Waals surface area (Å²) >= 11 is 0. The molecule has 7 heteroatoms. The van der Waals surface area contributed by atoms with Gasteiger partial charge in [-0.05, 0) is 13.0 Å². The highest BCUT2D eigenvalue weighted by Gasteiger charge is 2.19. The Morgan fingerprint density at radius 1 is 0.897 bits per heavy atom. The van der Waals surface area contributed by atoms with Gasteiger partial charge < -0.3 is 5.11 Å². The molecule has 0 fully saturated rings. The molecule has 0 heterocycles. The number of Topliss-reactive ketones (excluding diaryl/α,β-unsaturated/α-hetero) is 1. The Hall–Kier alpha value is -4.13. The molecule has 0 aromatic heterocycles. The van der Waals surface area contributed by atoms with E-state index in [1.165, 1.54) is 12.1 Å². The van der Waals surface area contributed by atoms with Crippen LogP contribution in [0.25, 0.3) is 5.76 Å². The van der Waals surface area contributed by atoms with Gasteiger partial charge in [-0.2, -0.15) is 0 Å². The molecule has 3 rings (SSSR count). The molecule has 0 bridgehead atoms. The quantitative estimate of drug-likeness (QED) is 0.144. The van der Waals surface area contributed by atoms with E-state index < -0.39 is 10.7 Å². The van der Waals surface area contributed by atoms with Crippen molar-refractivity contribution in [3.05, 3.63) is 111 Å². The van der Waals surface area contributed by atoms with Gasteiger partial charge in [0.1, 0.15) is 0 Å². The molecular formula is C22H17N3O4. The van der Waals surface area contributed by atoms with Gasteiger partial charge in [-0.25, -0.2) is 0 Å². The molecule has 29 heavy (non-hydrogen) atoms. The number of ketones is 1. The molecule has 0 amide bonds. The monoisotopic (exact) mass is 387 g/mol. The molecule has 0 spiro atoms. The van der Waals surface area contributed by atoms with Crippen molar-refractivity contribution in [3.63, 3.8) is 0 Å². The Kier molecular flexibility index (Phi) is 5.89.